The first-order chi connectivity index (χ1) is 7.82. The topological polar surface area (TPSA) is 105 Å². The van der Waals surface area contributed by atoms with Crippen molar-refractivity contribution in [1.82, 2.24) is 10.3 Å². The van der Waals surface area contributed by atoms with Crippen LogP contribution < -0.4 is 11.1 Å². The summed E-state index contributed by atoms with van der Waals surface area (Å²) in [5, 5.41) is 12.1. The molecule has 1 aromatic rings. The van der Waals surface area contributed by atoms with E-state index in [1.54, 1.807) is 13.8 Å². The van der Waals surface area contributed by atoms with Crippen molar-refractivity contribution in [2.45, 2.75) is 25.8 Å². The lowest BCUT2D eigenvalue weighted by molar-refractivity contribution is -0.119. The van der Waals surface area contributed by atoms with E-state index < -0.39 is 17.4 Å². The molecule has 0 aliphatic carbocycles. The van der Waals surface area contributed by atoms with Crippen LogP contribution in [0.4, 0.5) is 0 Å². The van der Waals surface area contributed by atoms with Gasteiger partial charge in [-0.25, -0.2) is 0 Å². The van der Waals surface area contributed by atoms with E-state index in [0.717, 1.165) is 0 Å². The van der Waals surface area contributed by atoms with Crippen molar-refractivity contribution in [3.05, 3.63) is 24.0 Å². The number of carbonyl (C=O) groups is 2. The van der Waals surface area contributed by atoms with Gasteiger partial charge >= 0.3 is 0 Å². The van der Waals surface area contributed by atoms with Crippen LogP contribution in [0.25, 0.3) is 0 Å². The van der Waals surface area contributed by atoms with Crippen molar-refractivity contribution >= 4 is 11.8 Å². The Morgan fingerprint density at radius 3 is 2.71 bits per heavy atom. The minimum atomic E-state index is -0.765. The molecule has 0 saturated heterocycles. The molecule has 1 aromatic heterocycles. The van der Waals surface area contributed by atoms with Crippen LogP contribution in [0.15, 0.2) is 18.5 Å². The molecule has 6 nitrogen and oxygen atoms in total. The summed E-state index contributed by atoms with van der Waals surface area (Å²) in [5.41, 5.74) is 4.42. The molecule has 17 heavy (non-hydrogen) atoms. The van der Waals surface area contributed by atoms with E-state index in [0.29, 0.717) is 0 Å². The van der Waals surface area contributed by atoms with Crippen LogP contribution in [-0.4, -0.2) is 27.4 Å². The summed E-state index contributed by atoms with van der Waals surface area (Å²) in [7, 11) is 0. The number of nitrogens with one attached hydrogen (secondary N) is 1. The fraction of sp³-hybridized carbons (Fsp3) is 0.364. The number of primary amides is 1. The Morgan fingerprint density at radius 1 is 1.53 bits per heavy atom. The molecule has 2 amide bonds. The maximum atomic E-state index is 11.8. The average Bonchev–Trinajstić information content (AvgIpc) is 2.14. The van der Waals surface area contributed by atoms with Gasteiger partial charge in [0.05, 0.1) is 11.8 Å². The molecular weight excluding hydrogens is 222 g/mol. The van der Waals surface area contributed by atoms with Gasteiger partial charge in [-0.15, -0.1) is 0 Å². The van der Waals surface area contributed by atoms with Crippen molar-refractivity contribution in [1.29, 1.82) is 0 Å². The second-order valence-electron chi connectivity index (χ2n) is 4.37. The lowest BCUT2D eigenvalue weighted by atomic mass is 9.99. The second kappa shape index (κ2) is 4.82. The number of hydrogen-bond donors (Lipinski definition) is 3. The lowest BCUT2D eigenvalue weighted by Gasteiger charge is -2.24. The zero-order valence-electron chi connectivity index (χ0n) is 9.73. The largest absolute Gasteiger partial charge is 0.505 e. The summed E-state index contributed by atoms with van der Waals surface area (Å²) in [6.07, 6.45) is 2.59. The van der Waals surface area contributed by atoms with E-state index in [1.807, 2.05) is 0 Å². The van der Waals surface area contributed by atoms with Gasteiger partial charge in [-0.05, 0) is 19.9 Å². The number of carbonyl (C=O) groups excluding carboxylic acids is 2. The van der Waals surface area contributed by atoms with Gasteiger partial charge < -0.3 is 16.2 Å². The fourth-order valence-electron chi connectivity index (χ4n) is 1.43. The molecule has 4 N–H and O–H groups in total. The van der Waals surface area contributed by atoms with Crippen LogP contribution in [0.2, 0.25) is 0 Å². The Hall–Kier alpha value is -2.11. The Kier molecular flexibility index (Phi) is 3.67. The molecule has 0 radical (unpaired) electrons. The van der Waals surface area contributed by atoms with E-state index in [-0.39, 0.29) is 17.7 Å². The number of nitrogens with zero attached hydrogens (tertiary/aromatic N) is 1. The number of rotatable bonds is 4. The molecular formula is C11H15N3O3. The van der Waals surface area contributed by atoms with E-state index in [1.165, 1.54) is 18.5 Å². The maximum absolute atomic E-state index is 11.8. The predicted octanol–water partition coefficient (Wildman–Crippen LogP) is 0.171. The SMILES string of the molecule is CC(C)(CC(N)=O)NC(=O)c1ccncc1O. The zero-order valence-corrected chi connectivity index (χ0v) is 9.73. The van der Waals surface area contributed by atoms with Gasteiger partial charge in [0.25, 0.3) is 5.91 Å². The van der Waals surface area contributed by atoms with Crippen LogP contribution in [0.1, 0.15) is 30.6 Å². The standard InChI is InChI=1S/C11H15N3O3/c1-11(2,5-9(12)16)14-10(17)7-3-4-13-6-8(7)15/h3-4,6,15H,5H2,1-2H3,(H2,12,16)(H,14,17). The molecule has 0 aliphatic rings. The normalized spacial score (nSPS) is 10.9. The minimum Gasteiger partial charge on any atom is -0.505 e. The third-order valence-corrected chi connectivity index (χ3v) is 2.11. The summed E-state index contributed by atoms with van der Waals surface area (Å²) in [6.45, 7) is 3.35. The van der Waals surface area contributed by atoms with Crippen molar-refractivity contribution in [2.75, 3.05) is 0 Å². The number of aromatic hydroxyl groups is 1. The second-order valence-corrected chi connectivity index (χ2v) is 4.37. The number of aromatic nitrogens is 1. The molecule has 1 rings (SSSR count). The van der Waals surface area contributed by atoms with Crippen LogP contribution >= 0.6 is 0 Å². The fourth-order valence-corrected chi connectivity index (χ4v) is 1.43. The summed E-state index contributed by atoms with van der Waals surface area (Å²) in [5.74, 6) is -1.19. The van der Waals surface area contributed by atoms with Crippen LogP contribution in [0.5, 0.6) is 5.75 Å². The molecule has 92 valence electrons. The first kappa shape index (κ1) is 13.0. The van der Waals surface area contributed by atoms with E-state index in [9.17, 15) is 14.7 Å². The molecule has 0 fully saturated rings. The Morgan fingerprint density at radius 2 is 2.18 bits per heavy atom. The Bertz CT molecular complexity index is 443. The number of nitrogens with two attached hydrogens (primary N) is 1. The van der Waals surface area contributed by atoms with Crippen molar-refractivity contribution in [3.8, 4) is 5.75 Å². The highest BCUT2D eigenvalue weighted by Gasteiger charge is 2.24. The molecule has 0 spiro atoms. The van der Waals surface area contributed by atoms with E-state index in [2.05, 4.69) is 10.3 Å². The Balaban J connectivity index is 2.79. The van der Waals surface area contributed by atoms with Gasteiger partial charge in [0.15, 0.2) is 0 Å². The van der Waals surface area contributed by atoms with E-state index in [4.69, 9.17) is 5.73 Å². The number of pyridine rings is 1. The highest BCUT2D eigenvalue weighted by molar-refractivity contribution is 5.97. The first-order valence-electron chi connectivity index (χ1n) is 5.05. The van der Waals surface area contributed by atoms with Gasteiger partial charge in [-0.3, -0.25) is 14.6 Å². The first-order valence-corrected chi connectivity index (χ1v) is 5.05. The van der Waals surface area contributed by atoms with Gasteiger partial charge in [-0.1, -0.05) is 0 Å². The molecule has 0 saturated carbocycles. The molecule has 0 aliphatic heterocycles. The van der Waals surface area contributed by atoms with Gasteiger partial charge in [-0.2, -0.15) is 0 Å². The third kappa shape index (κ3) is 3.75. The summed E-state index contributed by atoms with van der Waals surface area (Å²) in [4.78, 5) is 26.3. The van der Waals surface area contributed by atoms with Crippen molar-refractivity contribution in [2.24, 2.45) is 5.73 Å². The molecule has 0 unspecified atom stereocenters. The van der Waals surface area contributed by atoms with E-state index >= 15 is 0 Å². The average molecular weight is 237 g/mol. The molecule has 0 aromatic carbocycles. The lowest BCUT2D eigenvalue weighted by Crippen LogP contribution is -2.46. The van der Waals surface area contributed by atoms with Crippen molar-refractivity contribution < 1.29 is 14.7 Å². The molecule has 0 bridgehead atoms. The van der Waals surface area contributed by atoms with Gasteiger partial charge in [0, 0.05) is 18.2 Å². The summed E-state index contributed by atoms with van der Waals surface area (Å²) in [6, 6.07) is 1.39. The van der Waals surface area contributed by atoms with Crippen LogP contribution in [-0.2, 0) is 4.79 Å². The third-order valence-electron chi connectivity index (χ3n) is 2.11. The van der Waals surface area contributed by atoms with Crippen LogP contribution in [0.3, 0.4) is 0 Å². The highest BCUT2D eigenvalue weighted by Crippen LogP contribution is 2.16. The quantitative estimate of drug-likeness (QED) is 0.694. The van der Waals surface area contributed by atoms with Gasteiger partial charge in [0.2, 0.25) is 5.91 Å². The zero-order chi connectivity index (χ0) is 13.1. The smallest absolute Gasteiger partial charge is 0.255 e. The van der Waals surface area contributed by atoms with Crippen molar-refractivity contribution in [3.63, 3.8) is 0 Å². The van der Waals surface area contributed by atoms with Gasteiger partial charge in [0.1, 0.15) is 5.75 Å². The number of hydrogen-bond acceptors (Lipinski definition) is 4. The minimum absolute atomic E-state index is 0.0184. The Labute approximate surface area is 98.8 Å². The summed E-state index contributed by atoms with van der Waals surface area (Å²) >= 11 is 0. The molecule has 6 heteroatoms. The molecule has 0 atom stereocenters. The number of amides is 2. The highest BCUT2D eigenvalue weighted by atomic mass is 16.3. The maximum Gasteiger partial charge on any atom is 0.255 e. The molecule has 1 heterocycles. The predicted molar refractivity (Wildman–Crippen MR) is 61.3 cm³/mol. The summed E-state index contributed by atoms with van der Waals surface area (Å²) < 4.78 is 0. The monoisotopic (exact) mass is 237 g/mol. The van der Waals surface area contributed by atoms with Crippen LogP contribution in [0, 0.1) is 0 Å².